The molecule has 0 unspecified atom stereocenters. The highest BCUT2D eigenvalue weighted by molar-refractivity contribution is 5.64. The monoisotopic (exact) mass is 368 g/mol. The fourth-order valence-corrected chi connectivity index (χ4v) is 2.35. The summed E-state index contributed by atoms with van der Waals surface area (Å²) in [4.78, 5) is 0. The highest BCUT2D eigenvalue weighted by atomic mass is 19.3. The molecular weight excluding hydrogens is 351 g/mol. The summed E-state index contributed by atoms with van der Waals surface area (Å²) in [6, 6.07) is 10.8. The highest BCUT2D eigenvalue weighted by Crippen LogP contribution is 2.30. The van der Waals surface area contributed by atoms with Crippen LogP contribution in [0.3, 0.4) is 0 Å². The summed E-state index contributed by atoms with van der Waals surface area (Å²) in [6.07, 6.45) is -1.76. The van der Waals surface area contributed by atoms with Crippen molar-refractivity contribution in [2.24, 2.45) is 0 Å². The lowest BCUT2D eigenvalue weighted by molar-refractivity contribution is -0.135. The van der Waals surface area contributed by atoms with Gasteiger partial charge in [-0.25, -0.2) is 4.39 Å². The van der Waals surface area contributed by atoms with Crippen LogP contribution in [0.2, 0.25) is 0 Å². The minimum Gasteiger partial charge on any atom is -0.426 e. The van der Waals surface area contributed by atoms with Crippen LogP contribution in [0.25, 0.3) is 11.1 Å². The normalized spacial score (nSPS) is 11.6. The van der Waals surface area contributed by atoms with E-state index in [2.05, 4.69) is 10.8 Å². The van der Waals surface area contributed by atoms with Gasteiger partial charge in [-0.3, -0.25) is 0 Å². The Balaban J connectivity index is 2.15. The van der Waals surface area contributed by atoms with Gasteiger partial charge in [0.2, 0.25) is 0 Å². The SMILES string of the molecule is C/C=C/CCc1ccc(-c2ccc(OC(F)(F)C=C(F)F)c(F)c2)cc1. The fraction of sp³-hybridized carbons (Fsp3) is 0.200. The highest BCUT2D eigenvalue weighted by Gasteiger charge is 2.31. The average Bonchev–Trinajstić information content (AvgIpc) is 2.56. The average molecular weight is 368 g/mol. The molecule has 0 atom stereocenters. The third-order valence-corrected chi connectivity index (χ3v) is 3.58. The third-order valence-electron chi connectivity index (χ3n) is 3.58. The van der Waals surface area contributed by atoms with Gasteiger partial charge >= 0.3 is 6.11 Å². The molecule has 0 fully saturated rings. The molecule has 0 N–H and O–H groups in total. The van der Waals surface area contributed by atoms with Crippen molar-refractivity contribution in [3.8, 4) is 16.9 Å². The van der Waals surface area contributed by atoms with Crippen molar-refractivity contribution in [1.82, 2.24) is 0 Å². The van der Waals surface area contributed by atoms with E-state index in [0.717, 1.165) is 30.5 Å². The second-order valence-corrected chi connectivity index (χ2v) is 5.55. The standard InChI is InChI=1S/C20H17F5O/c1-2-3-4-5-14-6-8-15(9-7-14)16-10-11-18(17(21)12-16)26-20(24,25)13-19(22)23/h2-3,6-13H,4-5H2,1H3/b3-2+. The molecule has 0 aliphatic rings. The Morgan fingerprint density at radius 1 is 1.04 bits per heavy atom. The van der Waals surface area contributed by atoms with Crippen LogP contribution in [0.5, 0.6) is 5.75 Å². The second-order valence-electron chi connectivity index (χ2n) is 5.55. The largest absolute Gasteiger partial charge is 0.426 e. The van der Waals surface area contributed by atoms with Gasteiger partial charge in [-0.2, -0.15) is 17.6 Å². The quantitative estimate of drug-likeness (QED) is 0.388. The van der Waals surface area contributed by atoms with Crippen molar-refractivity contribution in [3.05, 3.63) is 78.2 Å². The van der Waals surface area contributed by atoms with Crippen LogP contribution in [0, 0.1) is 5.82 Å². The van der Waals surface area contributed by atoms with Gasteiger partial charge in [0.25, 0.3) is 6.08 Å². The molecule has 0 aliphatic carbocycles. The number of ether oxygens (including phenoxy) is 1. The topological polar surface area (TPSA) is 9.23 Å². The molecule has 138 valence electrons. The third kappa shape index (κ3) is 5.72. The number of rotatable bonds is 7. The second kappa shape index (κ2) is 8.65. The zero-order chi connectivity index (χ0) is 19.2. The summed E-state index contributed by atoms with van der Waals surface area (Å²) < 4.78 is 68.3. The predicted molar refractivity (Wildman–Crippen MR) is 90.8 cm³/mol. The summed E-state index contributed by atoms with van der Waals surface area (Å²) in [5.74, 6) is -1.87. The van der Waals surface area contributed by atoms with Crippen molar-refractivity contribution in [3.63, 3.8) is 0 Å². The Kier molecular flexibility index (Phi) is 6.55. The molecule has 2 aromatic carbocycles. The first kappa shape index (κ1) is 19.7. The number of alkyl halides is 2. The minimum absolute atomic E-state index is 0.463. The van der Waals surface area contributed by atoms with Gasteiger partial charge < -0.3 is 4.74 Å². The van der Waals surface area contributed by atoms with Crippen LogP contribution in [0.1, 0.15) is 18.9 Å². The summed E-state index contributed by atoms with van der Waals surface area (Å²) >= 11 is 0. The zero-order valence-corrected chi connectivity index (χ0v) is 14.0. The summed E-state index contributed by atoms with van der Waals surface area (Å²) in [5.41, 5.74) is 2.28. The summed E-state index contributed by atoms with van der Waals surface area (Å²) in [7, 11) is 0. The van der Waals surface area contributed by atoms with Gasteiger partial charge in [0.15, 0.2) is 11.6 Å². The number of halogens is 5. The molecule has 0 amide bonds. The zero-order valence-electron chi connectivity index (χ0n) is 14.0. The van der Waals surface area contributed by atoms with Crippen LogP contribution >= 0.6 is 0 Å². The lowest BCUT2D eigenvalue weighted by Crippen LogP contribution is -2.22. The maximum Gasteiger partial charge on any atom is 0.425 e. The Bertz CT molecular complexity index is 790. The van der Waals surface area contributed by atoms with E-state index in [9.17, 15) is 22.0 Å². The lowest BCUT2D eigenvalue weighted by atomic mass is 10.0. The molecule has 0 bridgehead atoms. The van der Waals surface area contributed by atoms with Gasteiger partial charge in [0.1, 0.15) is 0 Å². The van der Waals surface area contributed by atoms with E-state index in [1.807, 2.05) is 25.1 Å². The molecular formula is C20H17F5O. The van der Waals surface area contributed by atoms with Gasteiger partial charge in [0.05, 0.1) is 6.08 Å². The first-order valence-corrected chi connectivity index (χ1v) is 7.91. The van der Waals surface area contributed by atoms with E-state index in [0.29, 0.717) is 11.1 Å². The molecule has 6 heteroatoms. The van der Waals surface area contributed by atoms with E-state index in [4.69, 9.17) is 0 Å². The van der Waals surface area contributed by atoms with E-state index in [1.165, 1.54) is 6.07 Å². The molecule has 0 saturated heterocycles. The molecule has 26 heavy (non-hydrogen) atoms. The van der Waals surface area contributed by atoms with Crippen molar-refractivity contribution >= 4 is 0 Å². The van der Waals surface area contributed by atoms with Crippen LogP contribution in [0.15, 0.2) is 66.8 Å². The van der Waals surface area contributed by atoms with Gasteiger partial charge in [-0.05, 0) is 48.6 Å². The number of aryl methyl sites for hydroxylation is 1. The predicted octanol–water partition coefficient (Wildman–Crippen LogP) is 6.75. The van der Waals surface area contributed by atoms with E-state index >= 15 is 0 Å². The molecule has 2 aromatic rings. The Morgan fingerprint density at radius 2 is 1.69 bits per heavy atom. The molecule has 2 rings (SSSR count). The van der Waals surface area contributed by atoms with Crippen LogP contribution < -0.4 is 4.74 Å². The van der Waals surface area contributed by atoms with Gasteiger partial charge in [0, 0.05) is 0 Å². The van der Waals surface area contributed by atoms with Crippen molar-refractivity contribution in [2.45, 2.75) is 25.9 Å². The Labute approximate surface area is 148 Å². The summed E-state index contributed by atoms with van der Waals surface area (Å²) in [5, 5.41) is 0. The van der Waals surface area contributed by atoms with Crippen LogP contribution in [0.4, 0.5) is 22.0 Å². The van der Waals surface area contributed by atoms with E-state index in [-0.39, 0.29) is 0 Å². The fourth-order valence-electron chi connectivity index (χ4n) is 2.35. The molecule has 0 heterocycles. The van der Waals surface area contributed by atoms with Crippen LogP contribution in [-0.4, -0.2) is 6.11 Å². The number of allylic oxidation sites excluding steroid dienone is 2. The molecule has 0 saturated carbocycles. The van der Waals surface area contributed by atoms with Gasteiger partial charge in [-0.15, -0.1) is 0 Å². The van der Waals surface area contributed by atoms with Crippen molar-refractivity contribution in [2.75, 3.05) is 0 Å². The number of benzene rings is 2. The smallest absolute Gasteiger partial charge is 0.425 e. The number of hydrogen-bond donors (Lipinski definition) is 0. The first-order valence-electron chi connectivity index (χ1n) is 7.91. The maximum absolute atomic E-state index is 14.0. The Hall–Kier alpha value is -2.63. The number of hydrogen-bond acceptors (Lipinski definition) is 1. The van der Waals surface area contributed by atoms with E-state index < -0.39 is 29.8 Å². The maximum atomic E-state index is 14.0. The van der Waals surface area contributed by atoms with Crippen molar-refractivity contribution < 1.29 is 26.7 Å². The lowest BCUT2D eigenvalue weighted by Gasteiger charge is -2.15. The summed E-state index contributed by atoms with van der Waals surface area (Å²) in [6.45, 7) is 1.95. The molecule has 0 aromatic heterocycles. The van der Waals surface area contributed by atoms with E-state index in [1.54, 1.807) is 12.1 Å². The van der Waals surface area contributed by atoms with Crippen LogP contribution in [-0.2, 0) is 6.42 Å². The van der Waals surface area contributed by atoms with Crippen molar-refractivity contribution in [1.29, 1.82) is 0 Å². The van der Waals surface area contributed by atoms with Gasteiger partial charge in [-0.1, -0.05) is 42.5 Å². The molecule has 0 radical (unpaired) electrons. The molecule has 0 spiro atoms. The molecule has 1 nitrogen and oxygen atoms in total. The first-order chi connectivity index (χ1) is 12.3. The molecule has 0 aliphatic heterocycles. The Morgan fingerprint density at radius 3 is 2.27 bits per heavy atom. The minimum atomic E-state index is -4.30.